The maximum absolute atomic E-state index is 13.3. The summed E-state index contributed by atoms with van der Waals surface area (Å²) < 4.78 is 18.6. The molecule has 0 spiro atoms. The molecule has 0 aromatic heterocycles. The Kier molecular flexibility index (Phi) is 3.11. The van der Waals surface area contributed by atoms with Crippen LogP contribution in [0.3, 0.4) is 0 Å². The third-order valence-electron chi connectivity index (χ3n) is 2.35. The van der Waals surface area contributed by atoms with E-state index in [-0.39, 0.29) is 12.6 Å². The molecule has 1 aliphatic rings. The largest absolute Gasteiger partial charge is 0.443 e. The fourth-order valence-electron chi connectivity index (χ4n) is 1.51. The van der Waals surface area contributed by atoms with Gasteiger partial charge in [0, 0.05) is 6.54 Å². The Hall–Kier alpha value is -1.14. The zero-order valence-corrected chi connectivity index (χ0v) is 9.91. The van der Waals surface area contributed by atoms with Crippen molar-refractivity contribution in [3.63, 3.8) is 0 Å². The smallest absolute Gasteiger partial charge is 0.414 e. The minimum Gasteiger partial charge on any atom is -0.443 e. The maximum Gasteiger partial charge on any atom is 0.414 e. The molecular weight excluding hydrogens is 279 g/mol. The standard InChI is InChI=1S/C10H10BrFN2O2/c11-8-2-1-6(3-9(8)12)14-5-7(4-13)16-10(14)15/h1-3,7H,4-5,13H2/t7-/m0/s1. The molecule has 1 saturated heterocycles. The van der Waals surface area contributed by atoms with E-state index in [1.165, 1.54) is 11.0 Å². The lowest BCUT2D eigenvalue weighted by atomic mass is 10.2. The van der Waals surface area contributed by atoms with Crippen molar-refractivity contribution < 1.29 is 13.9 Å². The molecule has 0 bridgehead atoms. The Bertz CT molecular complexity index is 427. The molecule has 4 nitrogen and oxygen atoms in total. The van der Waals surface area contributed by atoms with Gasteiger partial charge in [0.15, 0.2) is 0 Å². The predicted octanol–water partition coefficient (Wildman–Crippen LogP) is 1.87. The van der Waals surface area contributed by atoms with E-state index in [9.17, 15) is 9.18 Å². The molecular formula is C10H10BrFN2O2. The lowest BCUT2D eigenvalue weighted by molar-refractivity contribution is 0.145. The summed E-state index contributed by atoms with van der Waals surface area (Å²) in [6.07, 6.45) is -0.809. The Labute approximate surface area is 100 Å². The van der Waals surface area contributed by atoms with Crippen molar-refractivity contribution in [1.29, 1.82) is 0 Å². The monoisotopic (exact) mass is 288 g/mol. The molecule has 6 heteroatoms. The molecule has 0 unspecified atom stereocenters. The number of hydrogen-bond acceptors (Lipinski definition) is 3. The highest BCUT2D eigenvalue weighted by Crippen LogP contribution is 2.25. The number of hydrogen-bond donors (Lipinski definition) is 1. The van der Waals surface area contributed by atoms with Crippen LogP contribution in [-0.2, 0) is 4.74 Å². The normalized spacial score (nSPS) is 20.1. The van der Waals surface area contributed by atoms with Crippen molar-refractivity contribution in [3.05, 3.63) is 28.5 Å². The minimum absolute atomic E-state index is 0.265. The second-order valence-corrected chi connectivity index (χ2v) is 4.30. The second kappa shape index (κ2) is 4.39. The first-order chi connectivity index (χ1) is 7.61. The van der Waals surface area contributed by atoms with E-state index in [2.05, 4.69) is 15.9 Å². The molecule has 0 saturated carbocycles. The van der Waals surface area contributed by atoms with Crippen molar-refractivity contribution in [2.45, 2.75) is 6.10 Å². The zero-order chi connectivity index (χ0) is 11.7. The van der Waals surface area contributed by atoms with Gasteiger partial charge < -0.3 is 10.5 Å². The summed E-state index contributed by atoms with van der Waals surface area (Å²) in [5.41, 5.74) is 5.88. The fraction of sp³-hybridized carbons (Fsp3) is 0.300. The van der Waals surface area contributed by atoms with Crippen molar-refractivity contribution >= 4 is 27.7 Å². The number of nitrogens with zero attached hydrogens (tertiary/aromatic N) is 1. The molecule has 1 aromatic carbocycles. The SMILES string of the molecule is NC[C@H]1CN(c2ccc(Br)c(F)c2)C(=O)O1. The van der Waals surface area contributed by atoms with Crippen LogP contribution in [0, 0.1) is 5.82 Å². The van der Waals surface area contributed by atoms with Crippen LogP contribution < -0.4 is 10.6 Å². The van der Waals surface area contributed by atoms with Gasteiger partial charge >= 0.3 is 6.09 Å². The highest BCUT2D eigenvalue weighted by Gasteiger charge is 2.31. The molecule has 0 aliphatic carbocycles. The number of halogens is 2. The van der Waals surface area contributed by atoms with Gasteiger partial charge in [0.1, 0.15) is 11.9 Å². The molecule has 2 rings (SSSR count). The van der Waals surface area contributed by atoms with Crippen LogP contribution >= 0.6 is 15.9 Å². The van der Waals surface area contributed by atoms with Crippen LogP contribution in [-0.4, -0.2) is 25.3 Å². The molecule has 1 aromatic rings. The van der Waals surface area contributed by atoms with E-state index in [1.54, 1.807) is 12.1 Å². The summed E-state index contributed by atoms with van der Waals surface area (Å²) >= 11 is 3.05. The highest BCUT2D eigenvalue weighted by molar-refractivity contribution is 9.10. The van der Waals surface area contributed by atoms with Crippen LogP contribution in [0.5, 0.6) is 0 Å². The maximum atomic E-state index is 13.3. The number of carbonyl (C=O) groups excluding carboxylic acids is 1. The average Bonchev–Trinajstić information content (AvgIpc) is 2.64. The second-order valence-electron chi connectivity index (χ2n) is 3.45. The van der Waals surface area contributed by atoms with Gasteiger partial charge in [-0.2, -0.15) is 0 Å². The van der Waals surface area contributed by atoms with Crippen molar-refractivity contribution in [2.75, 3.05) is 18.0 Å². The first kappa shape index (κ1) is 11.3. The van der Waals surface area contributed by atoms with Crippen LogP contribution in [0.1, 0.15) is 0 Å². The molecule has 1 amide bonds. The van der Waals surface area contributed by atoms with Crippen LogP contribution in [0.15, 0.2) is 22.7 Å². The Balaban J connectivity index is 2.24. The van der Waals surface area contributed by atoms with Gasteiger partial charge in [-0.3, -0.25) is 4.90 Å². The van der Waals surface area contributed by atoms with Crippen molar-refractivity contribution in [2.24, 2.45) is 5.73 Å². The summed E-state index contributed by atoms with van der Waals surface area (Å²) in [6, 6.07) is 4.48. The molecule has 1 aliphatic heterocycles. The van der Waals surface area contributed by atoms with E-state index >= 15 is 0 Å². The summed E-state index contributed by atoms with van der Waals surface area (Å²) in [6.45, 7) is 0.623. The first-order valence-corrected chi connectivity index (χ1v) is 5.54. The number of anilines is 1. The van der Waals surface area contributed by atoms with E-state index in [1.807, 2.05) is 0 Å². The number of nitrogens with two attached hydrogens (primary N) is 1. The van der Waals surface area contributed by atoms with E-state index in [0.29, 0.717) is 16.7 Å². The van der Waals surface area contributed by atoms with Gasteiger partial charge in [-0.05, 0) is 34.1 Å². The first-order valence-electron chi connectivity index (χ1n) is 4.75. The van der Waals surface area contributed by atoms with Gasteiger partial charge in [-0.15, -0.1) is 0 Å². The Morgan fingerprint density at radius 2 is 2.38 bits per heavy atom. The third kappa shape index (κ3) is 2.03. The molecule has 1 fully saturated rings. The van der Waals surface area contributed by atoms with E-state index in [0.717, 1.165) is 0 Å². The molecule has 86 valence electrons. The van der Waals surface area contributed by atoms with Gasteiger partial charge in [-0.1, -0.05) is 0 Å². The average molecular weight is 289 g/mol. The van der Waals surface area contributed by atoms with E-state index in [4.69, 9.17) is 10.5 Å². The number of carbonyl (C=O) groups is 1. The predicted molar refractivity (Wildman–Crippen MR) is 60.8 cm³/mol. The van der Waals surface area contributed by atoms with Crippen LogP contribution in [0.25, 0.3) is 0 Å². The van der Waals surface area contributed by atoms with Crippen LogP contribution in [0.4, 0.5) is 14.9 Å². The number of benzene rings is 1. The molecule has 1 heterocycles. The summed E-state index contributed by atoms with van der Waals surface area (Å²) in [5.74, 6) is -0.415. The summed E-state index contributed by atoms with van der Waals surface area (Å²) in [7, 11) is 0. The Morgan fingerprint density at radius 3 is 2.94 bits per heavy atom. The van der Waals surface area contributed by atoms with Gasteiger partial charge in [0.2, 0.25) is 0 Å². The third-order valence-corrected chi connectivity index (χ3v) is 2.99. The van der Waals surface area contributed by atoms with Crippen LogP contribution in [0.2, 0.25) is 0 Å². The highest BCUT2D eigenvalue weighted by atomic mass is 79.9. The zero-order valence-electron chi connectivity index (χ0n) is 8.32. The minimum atomic E-state index is -0.489. The number of rotatable bonds is 2. The lowest BCUT2D eigenvalue weighted by Crippen LogP contribution is -2.27. The summed E-state index contributed by atoms with van der Waals surface area (Å²) in [5, 5.41) is 0. The summed E-state index contributed by atoms with van der Waals surface area (Å²) in [4.78, 5) is 12.8. The molecule has 2 N–H and O–H groups in total. The van der Waals surface area contributed by atoms with Gasteiger partial charge in [0.25, 0.3) is 0 Å². The lowest BCUT2D eigenvalue weighted by Gasteiger charge is -2.12. The topological polar surface area (TPSA) is 55.6 Å². The van der Waals surface area contributed by atoms with Crippen molar-refractivity contribution in [1.82, 2.24) is 0 Å². The number of amides is 1. The molecule has 1 atom stereocenters. The Morgan fingerprint density at radius 1 is 1.62 bits per heavy atom. The quantitative estimate of drug-likeness (QED) is 0.904. The molecule has 16 heavy (non-hydrogen) atoms. The fourth-order valence-corrected chi connectivity index (χ4v) is 1.75. The number of cyclic esters (lactones) is 1. The van der Waals surface area contributed by atoms with Gasteiger partial charge in [0.05, 0.1) is 16.7 Å². The van der Waals surface area contributed by atoms with Gasteiger partial charge in [-0.25, -0.2) is 9.18 Å². The molecule has 0 radical (unpaired) electrons. The van der Waals surface area contributed by atoms with E-state index < -0.39 is 11.9 Å². The number of ether oxygens (including phenoxy) is 1. The van der Waals surface area contributed by atoms with Crippen molar-refractivity contribution in [3.8, 4) is 0 Å².